The molecule has 4 nitrogen and oxygen atoms in total. The molecule has 2 unspecified atom stereocenters. The summed E-state index contributed by atoms with van der Waals surface area (Å²) in [5, 5.41) is 12.4. The third kappa shape index (κ3) is 3.33. The molecule has 1 aromatic rings. The summed E-state index contributed by atoms with van der Waals surface area (Å²) in [6, 6.07) is 4.77. The fourth-order valence-corrected chi connectivity index (χ4v) is 3.10. The van der Waals surface area contributed by atoms with Crippen LogP contribution in [0.1, 0.15) is 36.0 Å². The lowest BCUT2D eigenvalue weighted by molar-refractivity contribution is -0.143. The maximum atomic E-state index is 12.2. The molecule has 1 fully saturated rings. The Kier molecular flexibility index (Phi) is 5.05. The molecule has 1 saturated carbocycles. The van der Waals surface area contributed by atoms with E-state index in [1.807, 2.05) is 0 Å². The van der Waals surface area contributed by atoms with E-state index in [-0.39, 0.29) is 11.9 Å². The lowest BCUT2D eigenvalue weighted by Gasteiger charge is -2.29. The minimum Gasteiger partial charge on any atom is -0.481 e. The van der Waals surface area contributed by atoms with Crippen LogP contribution in [0.15, 0.2) is 22.7 Å². The molecule has 0 aliphatic heterocycles. The predicted octanol–water partition coefficient (Wildman–Crippen LogP) is 3.48. The van der Waals surface area contributed by atoms with Gasteiger partial charge in [0, 0.05) is 10.5 Å². The molecule has 0 aromatic heterocycles. The van der Waals surface area contributed by atoms with Crippen molar-refractivity contribution in [3.8, 4) is 0 Å². The van der Waals surface area contributed by atoms with E-state index in [4.69, 9.17) is 11.6 Å². The Morgan fingerprint density at radius 1 is 1.30 bits per heavy atom. The lowest BCUT2D eigenvalue weighted by Crippen LogP contribution is -2.45. The van der Waals surface area contributed by atoms with E-state index in [1.54, 1.807) is 18.2 Å². The van der Waals surface area contributed by atoms with Crippen molar-refractivity contribution in [3.63, 3.8) is 0 Å². The number of aliphatic carboxylic acids is 1. The zero-order valence-corrected chi connectivity index (χ0v) is 13.1. The molecular weight excluding hydrogens is 346 g/mol. The van der Waals surface area contributed by atoms with Crippen LogP contribution in [0.4, 0.5) is 0 Å². The second-order valence-corrected chi connectivity index (χ2v) is 6.14. The highest BCUT2D eigenvalue weighted by Crippen LogP contribution is 2.28. The van der Waals surface area contributed by atoms with Gasteiger partial charge < -0.3 is 10.4 Å². The van der Waals surface area contributed by atoms with Crippen molar-refractivity contribution in [1.29, 1.82) is 0 Å². The van der Waals surface area contributed by atoms with Crippen LogP contribution in [0.3, 0.4) is 0 Å². The van der Waals surface area contributed by atoms with Crippen molar-refractivity contribution in [1.82, 2.24) is 5.32 Å². The van der Waals surface area contributed by atoms with Gasteiger partial charge in [0.2, 0.25) is 0 Å². The summed E-state index contributed by atoms with van der Waals surface area (Å²) in [5.41, 5.74) is 0.357. The van der Waals surface area contributed by atoms with E-state index < -0.39 is 11.9 Å². The van der Waals surface area contributed by atoms with E-state index in [0.29, 0.717) is 27.9 Å². The number of hydrogen-bond donors (Lipinski definition) is 2. The summed E-state index contributed by atoms with van der Waals surface area (Å²) < 4.78 is 0.644. The zero-order chi connectivity index (χ0) is 14.7. The molecule has 0 radical (unpaired) electrons. The number of amides is 1. The number of nitrogens with one attached hydrogen (secondary N) is 1. The Labute approximate surface area is 130 Å². The maximum absolute atomic E-state index is 12.2. The first kappa shape index (κ1) is 15.3. The van der Waals surface area contributed by atoms with E-state index in [0.717, 1.165) is 12.8 Å². The average Bonchev–Trinajstić information content (AvgIpc) is 2.42. The molecule has 20 heavy (non-hydrogen) atoms. The standard InChI is InChI=1S/C14H15BrClNO3/c15-10-6-3-5-9(12(10)16)13(18)17-11-7-2-1-4-8(11)14(19)20/h3,5-6,8,11H,1-2,4,7H2,(H,17,18)(H,19,20). The summed E-state index contributed by atoms with van der Waals surface area (Å²) in [6.07, 6.45) is 3.11. The Hall–Kier alpha value is -1.07. The Bertz CT molecular complexity index is 535. The number of hydrogen-bond acceptors (Lipinski definition) is 2. The third-order valence-corrected chi connectivity index (χ3v) is 4.89. The first-order valence-corrected chi connectivity index (χ1v) is 7.65. The van der Waals surface area contributed by atoms with Crippen molar-refractivity contribution in [2.75, 3.05) is 0 Å². The first-order valence-electron chi connectivity index (χ1n) is 6.48. The molecule has 2 rings (SSSR count). The summed E-state index contributed by atoms with van der Waals surface area (Å²) in [4.78, 5) is 23.5. The Morgan fingerprint density at radius 3 is 2.70 bits per heavy atom. The SMILES string of the molecule is O=C(NC1CCCCC1C(=O)O)c1cccc(Br)c1Cl. The molecule has 0 heterocycles. The monoisotopic (exact) mass is 359 g/mol. The molecule has 0 spiro atoms. The molecule has 108 valence electrons. The topological polar surface area (TPSA) is 66.4 Å². The number of carbonyl (C=O) groups is 2. The summed E-state index contributed by atoms with van der Waals surface area (Å²) >= 11 is 9.35. The van der Waals surface area contributed by atoms with Crippen molar-refractivity contribution in [3.05, 3.63) is 33.3 Å². The van der Waals surface area contributed by atoms with E-state index in [2.05, 4.69) is 21.2 Å². The molecule has 6 heteroatoms. The first-order chi connectivity index (χ1) is 9.50. The molecule has 2 atom stereocenters. The number of halogens is 2. The van der Waals surface area contributed by atoms with Crippen LogP contribution in [-0.4, -0.2) is 23.0 Å². The predicted molar refractivity (Wildman–Crippen MR) is 80.0 cm³/mol. The highest BCUT2D eigenvalue weighted by molar-refractivity contribution is 9.10. The highest BCUT2D eigenvalue weighted by Gasteiger charge is 2.32. The summed E-state index contributed by atoms with van der Waals surface area (Å²) in [7, 11) is 0. The van der Waals surface area contributed by atoms with Crippen LogP contribution in [0.5, 0.6) is 0 Å². The number of carbonyl (C=O) groups excluding carboxylic acids is 1. The van der Waals surface area contributed by atoms with Gasteiger partial charge in [-0.2, -0.15) is 0 Å². The van der Waals surface area contributed by atoms with E-state index >= 15 is 0 Å². The van der Waals surface area contributed by atoms with E-state index in [1.165, 1.54) is 0 Å². The van der Waals surface area contributed by atoms with Crippen LogP contribution in [0.25, 0.3) is 0 Å². The molecule has 1 aliphatic rings. The van der Waals surface area contributed by atoms with Gasteiger partial charge in [-0.3, -0.25) is 9.59 Å². The van der Waals surface area contributed by atoms with Gasteiger partial charge in [-0.25, -0.2) is 0 Å². The van der Waals surface area contributed by atoms with Crippen molar-refractivity contribution < 1.29 is 14.7 Å². The zero-order valence-electron chi connectivity index (χ0n) is 10.7. The molecule has 1 aliphatic carbocycles. The summed E-state index contributed by atoms with van der Waals surface area (Å²) in [6.45, 7) is 0. The van der Waals surface area contributed by atoms with Crippen molar-refractivity contribution >= 4 is 39.4 Å². The second kappa shape index (κ2) is 6.59. The van der Waals surface area contributed by atoms with Gasteiger partial charge >= 0.3 is 5.97 Å². The van der Waals surface area contributed by atoms with Gasteiger partial charge in [-0.05, 0) is 40.9 Å². The van der Waals surface area contributed by atoms with Gasteiger partial charge in [0.15, 0.2) is 0 Å². The molecule has 0 bridgehead atoms. The molecule has 1 amide bonds. The number of rotatable bonds is 3. The van der Waals surface area contributed by atoms with Crippen LogP contribution >= 0.6 is 27.5 Å². The molecule has 1 aromatic carbocycles. The van der Waals surface area contributed by atoms with Gasteiger partial charge in [-0.15, -0.1) is 0 Å². The van der Waals surface area contributed by atoms with Crippen LogP contribution in [0.2, 0.25) is 5.02 Å². The van der Waals surface area contributed by atoms with Gasteiger partial charge in [0.05, 0.1) is 16.5 Å². The fourth-order valence-electron chi connectivity index (χ4n) is 2.52. The van der Waals surface area contributed by atoms with Crippen molar-refractivity contribution in [2.45, 2.75) is 31.7 Å². The Morgan fingerprint density at radius 2 is 2.00 bits per heavy atom. The van der Waals surface area contributed by atoms with Gasteiger partial charge in [-0.1, -0.05) is 30.5 Å². The maximum Gasteiger partial charge on any atom is 0.308 e. The van der Waals surface area contributed by atoms with E-state index in [9.17, 15) is 14.7 Å². The minimum atomic E-state index is -0.852. The second-order valence-electron chi connectivity index (χ2n) is 4.91. The Balaban J connectivity index is 2.14. The largest absolute Gasteiger partial charge is 0.481 e. The van der Waals surface area contributed by atoms with Crippen LogP contribution in [0, 0.1) is 5.92 Å². The average molecular weight is 361 g/mol. The quantitative estimate of drug-likeness (QED) is 0.867. The fraction of sp³-hybridized carbons (Fsp3) is 0.429. The van der Waals surface area contributed by atoms with Crippen molar-refractivity contribution in [2.24, 2.45) is 5.92 Å². The van der Waals surface area contributed by atoms with Gasteiger partial charge in [0.1, 0.15) is 0 Å². The number of benzene rings is 1. The van der Waals surface area contributed by atoms with Crippen LogP contribution < -0.4 is 5.32 Å². The number of carboxylic acid groups (broad SMARTS) is 1. The summed E-state index contributed by atoms with van der Waals surface area (Å²) in [5.74, 6) is -1.69. The molecule has 0 saturated heterocycles. The smallest absolute Gasteiger partial charge is 0.308 e. The molecule has 2 N–H and O–H groups in total. The minimum absolute atomic E-state index is 0.325. The third-order valence-electron chi connectivity index (χ3n) is 3.60. The van der Waals surface area contributed by atoms with Gasteiger partial charge in [0.25, 0.3) is 5.91 Å². The normalized spacial score (nSPS) is 22.3. The molecular formula is C14H15BrClNO3. The highest BCUT2D eigenvalue weighted by atomic mass is 79.9. The lowest BCUT2D eigenvalue weighted by atomic mass is 9.84. The van der Waals surface area contributed by atoms with Crippen LogP contribution in [-0.2, 0) is 4.79 Å². The number of carboxylic acids is 1.